The van der Waals surface area contributed by atoms with Crippen LogP contribution in [0.3, 0.4) is 0 Å². The number of hydrogen-bond acceptors (Lipinski definition) is 6. The zero-order valence-electron chi connectivity index (χ0n) is 61.4. The minimum Gasteiger partial charge on any atom is -0.455 e. The molecule has 0 aliphatic rings. The molecule has 0 spiro atoms. The van der Waals surface area contributed by atoms with Crippen LogP contribution < -0.4 is 0 Å². The van der Waals surface area contributed by atoms with Crippen molar-refractivity contribution >= 4 is 137 Å². The second-order valence-electron chi connectivity index (χ2n) is 24.4. The molecule has 0 bridgehead atoms. The van der Waals surface area contributed by atoms with Crippen LogP contribution in [0.25, 0.3) is 210 Å². The maximum Gasteiger partial charge on any atom is 0.213 e. The topological polar surface area (TPSA) is 97.2 Å². The minimum atomic E-state index is -0.705. The number of aromatic nitrogens is 6. The molecule has 7 heterocycles. The number of rotatable bonds is 8. The molecule has 7 aromatic heterocycles. The van der Waals surface area contributed by atoms with E-state index in [0.29, 0.717) is 89.0 Å². The van der Waals surface area contributed by atoms with Crippen molar-refractivity contribution in [1.29, 1.82) is 0 Å². The molecule has 0 atom stereocenters. The first kappa shape index (κ1) is 44.8. The number of hydrogen-bond donors (Lipinski definition) is 0. The summed E-state index contributed by atoms with van der Waals surface area (Å²) < 4.78 is 120. The van der Waals surface area contributed by atoms with E-state index in [1.165, 1.54) is 0 Å². The maximum atomic E-state index is 9.97. The van der Waals surface area contributed by atoms with E-state index in [0.717, 1.165) is 81.5 Å². The Morgan fingerprint density at radius 3 is 1.14 bits per heavy atom. The Morgan fingerprint density at radius 2 is 0.673 bits per heavy atom. The third-order valence-electron chi connectivity index (χ3n) is 19.3. The third-order valence-corrected chi connectivity index (χ3v) is 19.3. The van der Waals surface area contributed by atoms with E-state index in [-0.39, 0.29) is 17.1 Å². The molecule has 0 saturated carbocycles. The molecule has 454 valence electrons. The lowest BCUT2D eigenvalue weighted by molar-refractivity contribution is 0.672. The molecule has 0 radical (unpaired) electrons. The SMILES string of the molecule is [2H]c1c([2H])c([2H])c(-c2nc(-c3cc([N+]#[C-])c(-n4c5ccc(-c6ccccc6)cc5c5c6oc7ccccc7c6ccc54)c(-n4c5ccccc5c5c6oc7ccccc7c6ccc54)c3-n3c4ccc(-c5ccccc5)cc4c4c5oc6ccccc6c5ccc43)nc(-c3c([2H])c([2H])c([2H])c([2H])c3[2H])n2)c([2H])c1[2H]. The third kappa shape index (κ3) is 7.75. The first-order valence-corrected chi connectivity index (χ1v) is 31.9. The lowest BCUT2D eigenvalue weighted by atomic mass is 10.0. The summed E-state index contributed by atoms with van der Waals surface area (Å²) in [7, 11) is 0. The molecule has 0 aliphatic heterocycles. The molecule has 0 unspecified atom stereocenters. The molecule has 0 saturated heterocycles. The van der Waals surface area contributed by atoms with Crippen LogP contribution in [0.4, 0.5) is 5.69 Å². The molecule has 21 aromatic rings. The predicted octanol–water partition coefficient (Wildman–Crippen LogP) is 23.7. The lowest BCUT2D eigenvalue weighted by Gasteiger charge is -2.26. The van der Waals surface area contributed by atoms with Crippen molar-refractivity contribution in [2.24, 2.45) is 0 Å². The Labute approximate surface area is 571 Å². The predicted molar refractivity (Wildman–Crippen MR) is 398 cm³/mol. The fraction of sp³-hybridized carbons (Fsp3) is 0. The summed E-state index contributed by atoms with van der Waals surface area (Å²) in [5.74, 6) is -1.26. The second kappa shape index (κ2) is 20.7. The lowest BCUT2D eigenvalue weighted by Crippen LogP contribution is -2.12. The molecule has 10 heteroatoms. The first-order valence-electron chi connectivity index (χ1n) is 36.9. The number of furan rings is 3. The van der Waals surface area contributed by atoms with Crippen molar-refractivity contribution in [2.45, 2.75) is 0 Å². The standard InChI is InChI=1S/C88H49N7O3/c1-89-67-50-66(88-91-86(53-26-10-4-11-27-53)90-87(92-88)54-28-12-5-13-29-54)80(93-69-43-38-55(51-22-6-2-7-23-51)48-64(69)78-72(93)46-41-61-58-31-16-20-36-75(58)97-84(61)78)82(95-68-34-18-14-33-63(68)77-71(95)45-40-60-57-30-15-19-35-74(57)96-83(60)77)81(67)94-70-44-39-56(52-24-8-3-9-25-52)49-65(70)79-73(94)47-42-62-59-32-17-21-37-76(59)98-85(62)79/h2-50H/i4D,5D,10D,11D,12D,13D,26D,27D,28D,29D. The molecule has 0 N–H and O–H groups in total. The molecular weight excluding hydrogens is 1200 g/mol. The Morgan fingerprint density at radius 1 is 0.296 bits per heavy atom. The van der Waals surface area contributed by atoms with E-state index in [1.54, 1.807) is 6.07 Å². The summed E-state index contributed by atoms with van der Waals surface area (Å²) >= 11 is 0. The summed E-state index contributed by atoms with van der Waals surface area (Å²) in [5.41, 5.74) is 11.7. The Kier molecular flexibility index (Phi) is 9.47. The minimum absolute atomic E-state index is 0.0380. The van der Waals surface area contributed by atoms with Crippen molar-refractivity contribution < 1.29 is 27.0 Å². The van der Waals surface area contributed by atoms with Crippen molar-refractivity contribution in [2.75, 3.05) is 0 Å². The van der Waals surface area contributed by atoms with Gasteiger partial charge >= 0.3 is 0 Å². The summed E-state index contributed by atoms with van der Waals surface area (Å²) in [6.07, 6.45) is 0. The van der Waals surface area contributed by atoms with Gasteiger partial charge in [-0.05, 0) is 113 Å². The van der Waals surface area contributed by atoms with Crippen LogP contribution in [0, 0.1) is 6.57 Å². The molecule has 14 aromatic carbocycles. The van der Waals surface area contributed by atoms with Gasteiger partial charge in [-0.2, -0.15) is 0 Å². The molecule has 98 heavy (non-hydrogen) atoms. The average molecular weight is 1260 g/mol. The van der Waals surface area contributed by atoms with Gasteiger partial charge in [0.2, 0.25) is 5.69 Å². The molecular formula is C88H49N7O3. The first-order chi connectivity index (χ1) is 52.7. The van der Waals surface area contributed by atoms with Crippen LogP contribution in [0.1, 0.15) is 13.7 Å². The molecule has 0 aliphatic carbocycles. The Balaban J connectivity index is 1.04. The fourth-order valence-corrected chi connectivity index (χ4v) is 15.1. The summed E-state index contributed by atoms with van der Waals surface area (Å²) in [5, 5.41) is 9.83. The van der Waals surface area contributed by atoms with Crippen molar-refractivity contribution in [3.8, 4) is 73.5 Å². The Bertz CT molecular complexity index is 7510. The van der Waals surface area contributed by atoms with Gasteiger partial charge in [-0.25, -0.2) is 19.8 Å². The normalized spacial score (nSPS) is 13.5. The van der Waals surface area contributed by atoms with E-state index in [1.807, 2.05) is 133 Å². The average Bonchev–Trinajstić information content (AvgIpc) is 1.50. The van der Waals surface area contributed by atoms with Crippen molar-refractivity contribution in [3.05, 3.63) is 308 Å². The molecule has 21 rings (SSSR count). The zero-order valence-corrected chi connectivity index (χ0v) is 51.4. The van der Waals surface area contributed by atoms with E-state index in [2.05, 4.69) is 116 Å². The maximum absolute atomic E-state index is 9.97. The number of nitrogens with zero attached hydrogens (tertiary/aromatic N) is 7. The number of para-hydroxylation sites is 4. The van der Waals surface area contributed by atoms with Gasteiger partial charge in [0, 0.05) is 65.2 Å². The largest absolute Gasteiger partial charge is 0.455 e. The van der Waals surface area contributed by atoms with E-state index in [4.69, 9.17) is 36.4 Å². The second-order valence-corrected chi connectivity index (χ2v) is 24.4. The smallest absolute Gasteiger partial charge is 0.213 e. The van der Waals surface area contributed by atoms with Crippen LogP contribution in [0.2, 0.25) is 0 Å². The van der Waals surface area contributed by atoms with E-state index >= 15 is 0 Å². The van der Waals surface area contributed by atoms with E-state index < -0.39 is 83.2 Å². The van der Waals surface area contributed by atoms with Gasteiger partial charge in [-0.1, -0.05) is 206 Å². The molecule has 10 nitrogen and oxygen atoms in total. The van der Waals surface area contributed by atoms with Gasteiger partial charge in [0.15, 0.2) is 17.5 Å². The van der Waals surface area contributed by atoms with Crippen molar-refractivity contribution in [1.82, 2.24) is 28.7 Å². The monoisotopic (exact) mass is 1260 g/mol. The highest BCUT2D eigenvalue weighted by Crippen LogP contribution is 2.53. The van der Waals surface area contributed by atoms with Crippen LogP contribution in [-0.2, 0) is 0 Å². The Hall–Kier alpha value is -13.6. The van der Waals surface area contributed by atoms with E-state index in [9.17, 15) is 12.1 Å². The van der Waals surface area contributed by atoms with Crippen molar-refractivity contribution in [3.63, 3.8) is 0 Å². The van der Waals surface area contributed by atoms with Gasteiger partial charge in [0.05, 0.1) is 86.6 Å². The van der Waals surface area contributed by atoms with Gasteiger partial charge in [0.25, 0.3) is 0 Å². The highest BCUT2D eigenvalue weighted by atomic mass is 16.3. The summed E-state index contributed by atoms with van der Waals surface area (Å²) in [6.45, 7) is 9.97. The molecule has 0 amide bonds. The number of benzene rings is 14. The van der Waals surface area contributed by atoms with Gasteiger partial charge < -0.3 is 27.0 Å². The quantitative estimate of drug-likeness (QED) is 0.141. The fourth-order valence-electron chi connectivity index (χ4n) is 15.1. The zero-order chi connectivity index (χ0) is 73.0. The van der Waals surface area contributed by atoms with Gasteiger partial charge in [-0.15, -0.1) is 0 Å². The van der Waals surface area contributed by atoms with Crippen LogP contribution in [0.5, 0.6) is 0 Å². The summed E-state index contributed by atoms with van der Waals surface area (Å²) in [4.78, 5) is 20.0. The number of fused-ring (bicyclic) bond motifs is 21. The van der Waals surface area contributed by atoms with Crippen LogP contribution >= 0.6 is 0 Å². The van der Waals surface area contributed by atoms with Gasteiger partial charge in [0.1, 0.15) is 33.5 Å². The highest BCUT2D eigenvalue weighted by molar-refractivity contribution is 6.28. The van der Waals surface area contributed by atoms with Crippen LogP contribution in [-0.4, -0.2) is 28.7 Å². The summed E-state index contributed by atoms with van der Waals surface area (Å²) in [6, 6.07) is 71.6. The van der Waals surface area contributed by atoms with Gasteiger partial charge in [-0.3, -0.25) is 0 Å². The molecule has 0 fully saturated rings. The van der Waals surface area contributed by atoms with Crippen LogP contribution in [0.15, 0.2) is 310 Å². The highest BCUT2D eigenvalue weighted by Gasteiger charge is 2.34.